The van der Waals surface area contributed by atoms with Crippen LogP contribution in [0.25, 0.3) is 0 Å². The number of nitrogens with one attached hydrogen (secondary N) is 2. The number of rotatable bonds is 10. The number of carbonyl (C=O) groups is 4. The van der Waals surface area contributed by atoms with E-state index in [1.807, 2.05) is 4.90 Å². The summed E-state index contributed by atoms with van der Waals surface area (Å²) in [5.74, 6) is -4.37. The van der Waals surface area contributed by atoms with Crippen LogP contribution in [0, 0.1) is 0 Å². The van der Waals surface area contributed by atoms with Crippen molar-refractivity contribution in [1.29, 1.82) is 0 Å². The van der Waals surface area contributed by atoms with Crippen LogP contribution < -0.4 is 10.6 Å². The summed E-state index contributed by atoms with van der Waals surface area (Å²) in [6.07, 6.45) is -12.8. The maximum atomic E-state index is 13.0. The van der Waals surface area contributed by atoms with Crippen molar-refractivity contribution in [3.05, 3.63) is 29.3 Å². The van der Waals surface area contributed by atoms with Gasteiger partial charge in [-0.2, -0.15) is 13.2 Å². The topological polar surface area (TPSA) is 228 Å². The van der Waals surface area contributed by atoms with Crippen LogP contribution in [-0.4, -0.2) is 152 Å². The number of aliphatic hydroxyl groups excluding tert-OH is 3. The molecule has 3 fully saturated rings. The number of aromatic hydroxyl groups is 1. The second kappa shape index (κ2) is 15.7. The number of benzene rings is 1. The number of hydrogen-bond donors (Lipinski definition) is 7. The van der Waals surface area contributed by atoms with Crippen LogP contribution in [0.3, 0.4) is 0 Å². The zero-order valence-electron chi connectivity index (χ0n) is 29.3. The maximum Gasteiger partial charge on any atom is 0.419 e. The van der Waals surface area contributed by atoms with Gasteiger partial charge in [-0.25, -0.2) is 9.59 Å². The molecule has 52 heavy (non-hydrogen) atoms. The first-order valence-corrected chi connectivity index (χ1v) is 16.8. The second-order valence-corrected chi connectivity index (χ2v) is 14.5. The van der Waals surface area contributed by atoms with Crippen LogP contribution in [0.2, 0.25) is 0 Å². The molecule has 3 heterocycles. The van der Waals surface area contributed by atoms with Gasteiger partial charge >= 0.3 is 18.2 Å². The Hall–Kier alpha value is -3.75. The van der Waals surface area contributed by atoms with E-state index in [1.165, 1.54) is 0 Å². The predicted molar refractivity (Wildman–Crippen MR) is 173 cm³/mol. The van der Waals surface area contributed by atoms with E-state index in [0.717, 1.165) is 13.0 Å². The highest BCUT2D eigenvalue weighted by atomic mass is 19.4. The summed E-state index contributed by atoms with van der Waals surface area (Å²) in [7, 11) is 0. The molecule has 7 atom stereocenters. The molecule has 3 aliphatic heterocycles. The number of alkyl halides is 3. The largest absolute Gasteiger partial charge is 0.507 e. The van der Waals surface area contributed by atoms with Crippen molar-refractivity contribution >= 4 is 23.9 Å². The van der Waals surface area contributed by atoms with Gasteiger partial charge in [-0.05, 0) is 45.4 Å². The van der Waals surface area contributed by atoms with Crippen molar-refractivity contribution in [2.75, 3.05) is 45.9 Å². The third kappa shape index (κ3) is 9.42. The number of amides is 3. The van der Waals surface area contributed by atoms with Crippen LogP contribution in [0.4, 0.5) is 18.0 Å². The van der Waals surface area contributed by atoms with Crippen LogP contribution in [-0.2, 0) is 30.0 Å². The molecule has 3 aliphatic rings. The molecule has 292 valence electrons. The molecule has 16 nitrogen and oxygen atoms in total. The summed E-state index contributed by atoms with van der Waals surface area (Å²) in [6.45, 7) is 7.33. The number of hydrogen-bond acceptors (Lipinski definition) is 12. The van der Waals surface area contributed by atoms with E-state index in [-0.39, 0.29) is 26.1 Å². The fraction of sp³-hybridized carbons (Fsp3) is 0.697. The van der Waals surface area contributed by atoms with Crippen LogP contribution >= 0.6 is 0 Å². The van der Waals surface area contributed by atoms with Gasteiger partial charge in [-0.1, -0.05) is 0 Å². The van der Waals surface area contributed by atoms with E-state index in [1.54, 1.807) is 25.7 Å². The normalized spacial score (nSPS) is 28.3. The Balaban J connectivity index is 1.49. The standard InChI is InChI=1S/C33H47F3N4O12/c1-18(41)38-24-22(43)14-32(28(47)48,8-10-40-11-12-50-17-31(40)7-9-39(16-31)29(49)52-30(2,3)4)51-26(24)25(45)23(44)15-37-27(46)19-5-6-20(21(42)13-19)33(34,35)36/h5-6,13,22-26,42-45H,7-12,14-17H2,1-4H3,(H,37,46)(H,38,41)(H,47,48)/t22-,23+,24+,25+,26+,31-,32+/m0/s1. The maximum absolute atomic E-state index is 13.0. The number of nitrogens with zero attached hydrogens (tertiary/aromatic N) is 2. The highest BCUT2D eigenvalue weighted by Gasteiger charge is 2.55. The molecule has 19 heteroatoms. The molecule has 0 radical (unpaired) electrons. The Morgan fingerprint density at radius 1 is 1.13 bits per heavy atom. The molecule has 7 N–H and O–H groups in total. The van der Waals surface area contributed by atoms with E-state index >= 15 is 0 Å². The van der Waals surface area contributed by atoms with Crippen molar-refractivity contribution in [2.24, 2.45) is 0 Å². The van der Waals surface area contributed by atoms with Gasteiger partial charge in [0.25, 0.3) is 5.91 Å². The average molecular weight is 749 g/mol. The second-order valence-electron chi connectivity index (χ2n) is 14.5. The monoisotopic (exact) mass is 748 g/mol. The Labute approximate surface area is 297 Å². The lowest BCUT2D eigenvalue weighted by molar-refractivity contribution is -0.231. The molecule has 3 amide bonds. The van der Waals surface area contributed by atoms with Crippen molar-refractivity contribution in [3.63, 3.8) is 0 Å². The van der Waals surface area contributed by atoms with Gasteiger partial charge < -0.3 is 55.3 Å². The molecule has 0 bridgehead atoms. The lowest BCUT2D eigenvalue weighted by atomic mass is 9.81. The Kier molecular flexibility index (Phi) is 12.4. The molecule has 1 spiro atoms. The number of carboxylic acids is 1. The van der Waals surface area contributed by atoms with Gasteiger partial charge in [0, 0.05) is 58.1 Å². The fourth-order valence-corrected chi connectivity index (χ4v) is 6.86. The van der Waals surface area contributed by atoms with Gasteiger partial charge in [-0.3, -0.25) is 14.5 Å². The molecule has 0 aliphatic carbocycles. The first-order valence-electron chi connectivity index (χ1n) is 16.8. The smallest absolute Gasteiger partial charge is 0.419 e. The molecule has 1 aromatic rings. The van der Waals surface area contributed by atoms with Gasteiger partial charge in [0.1, 0.15) is 23.6 Å². The van der Waals surface area contributed by atoms with Gasteiger partial charge in [0.2, 0.25) is 5.91 Å². The van der Waals surface area contributed by atoms with Gasteiger partial charge in [-0.15, -0.1) is 0 Å². The molecular formula is C33H47F3N4O12. The van der Waals surface area contributed by atoms with E-state index in [4.69, 9.17) is 14.2 Å². The van der Waals surface area contributed by atoms with Crippen LogP contribution in [0.5, 0.6) is 5.75 Å². The van der Waals surface area contributed by atoms with E-state index in [9.17, 15) is 57.9 Å². The Morgan fingerprint density at radius 3 is 2.42 bits per heavy atom. The highest BCUT2D eigenvalue weighted by molar-refractivity contribution is 5.94. The molecule has 3 saturated heterocycles. The lowest BCUT2D eigenvalue weighted by Gasteiger charge is -2.49. The third-order valence-electron chi connectivity index (χ3n) is 9.51. The first-order chi connectivity index (χ1) is 24.1. The molecule has 0 saturated carbocycles. The summed E-state index contributed by atoms with van der Waals surface area (Å²) in [5, 5.41) is 58.2. The van der Waals surface area contributed by atoms with Crippen LogP contribution in [0.15, 0.2) is 18.2 Å². The number of phenolic OH excluding ortho intramolecular Hbond substituents is 1. The fourth-order valence-electron chi connectivity index (χ4n) is 6.86. The average Bonchev–Trinajstić information content (AvgIpc) is 3.46. The number of halogens is 3. The zero-order valence-corrected chi connectivity index (χ0v) is 29.3. The molecular weight excluding hydrogens is 701 g/mol. The summed E-state index contributed by atoms with van der Waals surface area (Å²) in [4.78, 5) is 54.0. The number of morpholine rings is 1. The Bertz CT molecular complexity index is 1490. The van der Waals surface area contributed by atoms with Crippen molar-refractivity contribution in [2.45, 2.75) is 100 Å². The number of ether oxygens (including phenoxy) is 3. The van der Waals surface area contributed by atoms with Crippen molar-refractivity contribution in [3.8, 4) is 5.75 Å². The first kappa shape index (κ1) is 41.0. The number of carboxylic acid groups (broad SMARTS) is 1. The Morgan fingerprint density at radius 2 is 1.83 bits per heavy atom. The molecule has 4 rings (SSSR count). The predicted octanol–water partition coefficient (Wildman–Crippen LogP) is 0.442. The summed E-state index contributed by atoms with van der Waals surface area (Å²) >= 11 is 0. The lowest BCUT2D eigenvalue weighted by Crippen LogP contribution is -2.68. The van der Waals surface area contributed by atoms with Crippen molar-refractivity contribution < 1.29 is 72.1 Å². The summed E-state index contributed by atoms with van der Waals surface area (Å²) in [5.41, 5.74) is -5.28. The third-order valence-corrected chi connectivity index (χ3v) is 9.51. The quantitative estimate of drug-likeness (QED) is 0.173. The molecule has 1 aromatic carbocycles. The minimum absolute atomic E-state index is 0.0940. The van der Waals surface area contributed by atoms with E-state index in [0.29, 0.717) is 38.2 Å². The minimum Gasteiger partial charge on any atom is -0.507 e. The van der Waals surface area contributed by atoms with Crippen molar-refractivity contribution in [1.82, 2.24) is 20.4 Å². The SMILES string of the molecule is CC(=O)N[C@H]1[C@H]([C@H](O)[C@H](O)CNC(=O)c2ccc(C(F)(F)F)c(O)c2)O[C@@](CCN2CCOC[C@@]23CCN(C(=O)OC(C)(C)C)C3)(C(=O)O)C[C@@H]1O. The zero-order chi connectivity index (χ0) is 38.8. The molecule has 0 unspecified atom stereocenters. The van der Waals surface area contributed by atoms with Crippen LogP contribution in [0.1, 0.15) is 62.9 Å². The number of likely N-dealkylation sites (tertiary alicyclic amines) is 1. The molecule has 0 aromatic heterocycles. The van der Waals surface area contributed by atoms with Gasteiger partial charge in [0.05, 0.1) is 42.6 Å². The minimum atomic E-state index is -4.87. The summed E-state index contributed by atoms with van der Waals surface area (Å²) < 4.78 is 56.3. The van der Waals surface area contributed by atoms with E-state index in [2.05, 4.69) is 10.6 Å². The number of aliphatic hydroxyl groups is 3. The number of aliphatic carboxylic acids is 1. The van der Waals surface area contributed by atoms with E-state index < -0.39 is 107 Å². The highest BCUT2D eigenvalue weighted by Crippen LogP contribution is 2.38. The number of carbonyl (C=O) groups excluding carboxylic acids is 3. The summed E-state index contributed by atoms with van der Waals surface area (Å²) in [6, 6.07) is 0.478. The number of phenols is 1. The van der Waals surface area contributed by atoms with Gasteiger partial charge in [0.15, 0.2) is 5.60 Å².